The van der Waals surface area contributed by atoms with Crippen molar-refractivity contribution in [3.8, 4) is 0 Å². The summed E-state index contributed by atoms with van der Waals surface area (Å²) in [6.07, 6.45) is 1.76. The Bertz CT molecular complexity index is 428. The summed E-state index contributed by atoms with van der Waals surface area (Å²) in [6, 6.07) is 8.45. The van der Waals surface area contributed by atoms with Gasteiger partial charge in [-0.05, 0) is 31.0 Å². The molecule has 1 fully saturated rings. The summed E-state index contributed by atoms with van der Waals surface area (Å²) in [4.78, 5) is 13.2. The average molecular weight is 262 g/mol. The molecule has 1 N–H and O–H groups in total. The van der Waals surface area contributed by atoms with E-state index < -0.39 is 0 Å². The molecule has 0 saturated carbocycles. The summed E-state index contributed by atoms with van der Waals surface area (Å²) in [5.74, 6) is 0.124. The van der Waals surface area contributed by atoms with E-state index in [0.29, 0.717) is 12.5 Å². The number of hydrogen-bond donors (Lipinski definition) is 1. The number of hydrogen-bond acceptors (Lipinski definition) is 3. The maximum Gasteiger partial charge on any atom is 0.226 e. The predicted molar refractivity (Wildman–Crippen MR) is 76.3 cm³/mol. The zero-order chi connectivity index (χ0) is 13.8. The Morgan fingerprint density at radius 1 is 1.37 bits per heavy atom. The fourth-order valence-corrected chi connectivity index (χ4v) is 2.19. The highest BCUT2D eigenvalue weighted by Crippen LogP contribution is 2.19. The quantitative estimate of drug-likeness (QED) is 0.901. The SMILES string of the molecule is CC1OCCC1Nc1ccc(CC(=O)N(C)C)cc1. The first-order valence-corrected chi connectivity index (χ1v) is 6.73. The smallest absolute Gasteiger partial charge is 0.226 e. The molecule has 1 aliphatic rings. The van der Waals surface area contributed by atoms with Crippen LogP contribution in [0, 0.1) is 0 Å². The molecule has 4 nitrogen and oxygen atoms in total. The minimum absolute atomic E-state index is 0.124. The first-order valence-electron chi connectivity index (χ1n) is 6.73. The molecule has 0 aromatic heterocycles. The molecule has 1 aromatic carbocycles. The predicted octanol–water partition coefficient (Wildman–Crippen LogP) is 1.91. The Kier molecular flexibility index (Phi) is 4.43. The van der Waals surface area contributed by atoms with Gasteiger partial charge in [0.25, 0.3) is 0 Å². The van der Waals surface area contributed by atoms with E-state index in [-0.39, 0.29) is 12.0 Å². The van der Waals surface area contributed by atoms with Gasteiger partial charge in [-0.3, -0.25) is 4.79 Å². The highest BCUT2D eigenvalue weighted by Gasteiger charge is 2.23. The van der Waals surface area contributed by atoms with Gasteiger partial charge in [-0.2, -0.15) is 0 Å². The lowest BCUT2D eigenvalue weighted by atomic mass is 10.1. The molecule has 1 aromatic rings. The van der Waals surface area contributed by atoms with Crippen LogP contribution in [0.5, 0.6) is 0 Å². The van der Waals surface area contributed by atoms with E-state index in [1.807, 2.05) is 24.3 Å². The van der Waals surface area contributed by atoms with Crippen molar-refractivity contribution in [2.45, 2.75) is 31.9 Å². The number of amides is 1. The molecule has 2 atom stereocenters. The summed E-state index contributed by atoms with van der Waals surface area (Å²) < 4.78 is 5.53. The van der Waals surface area contributed by atoms with E-state index in [0.717, 1.165) is 24.3 Å². The molecule has 0 aliphatic carbocycles. The topological polar surface area (TPSA) is 41.6 Å². The molecule has 2 rings (SSSR count). The standard InChI is InChI=1S/C15H22N2O2/c1-11-14(8-9-19-11)16-13-6-4-12(5-7-13)10-15(18)17(2)3/h4-7,11,14,16H,8-10H2,1-3H3. The van der Waals surface area contributed by atoms with Crippen LogP contribution < -0.4 is 5.32 Å². The molecule has 1 aliphatic heterocycles. The minimum atomic E-state index is 0.124. The third-order valence-electron chi connectivity index (χ3n) is 3.54. The van der Waals surface area contributed by atoms with Gasteiger partial charge in [0.05, 0.1) is 18.6 Å². The van der Waals surface area contributed by atoms with Gasteiger partial charge in [0.2, 0.25) is 5.91 Å². The molecular formula is C15H22N2O2. The van der Waals surface area contributed by atoms with E-state index in [4.69, 9.17) is 4.74 Å². The summed E-state index contributed by atoms with van der Waals surface area (Å²) in [5, 5.41) is 3.47. The van der Waals surface area contributed by atoms with E-state index in [9.17, 15) is 4.79 Å². The number of likely N-dealkylation sites (N-methyl/N-ethyl adjacent to an activating group) is 1. The van der Waals surface area contributed by atoms with Crippen LogP contribution in [0.25, 0.3) is 0 Å². The van der Waals surface area contributed by atoms with Crippen molar-refractivity contribution in [1.82, 2.24) is 4.90 Å². The number of ether oxygens (including phenoxy) is 1. The van der Waals surface area contributed by atoms with E-state index in [1.165, 1.54) is 0 Å². The number of carbonyl (C=O) groups is 1. The second-order valence-corrected chi connectivity index (χ2v) is 5.28. The first kappa shape index (κ1) is 13.9. The van der Waals surface area contributed by atoms with Crippen LogP contribution in [-0.2, 0) is 16.0 Å². The lowest BCUT2D eigenvalue weighted by Crippen LogP contribution is -2.26. The van der Waals surface area contributed by atoms with E-state index in [2.05, 4.69) is 12.2 Å². The molecule has 4 heteroatoms. The molecule has 104 valence electrons. The first-order chi connectivity index (χ1) is 9.06. The van der Waals surface area contributed by atoms with E-state index >= 15 is 0 Å². The molecule has 1 amide bonds. The highest BCUT2D eigenvalue weighted by molar-refractivity contribution is 5.78. The normalized spacial score (nSPS) is 22.3. The molecule has 1 saturated heterocycles. The number of anilines is 1. The van der Waals surface area contributed by atoms with Crippen molar-refractivity contribution in [2.75, 3.05) is 26.0 Å². The number of carbonyl (C=O) groups excluding carboxylic acids is 1. The zero-order valence-electron chi connectivity index (χ0n) is 11.8. The van der Waals surface area contributed by atoms with Crippen molar-refractivity contribution < 1.29 is 9.53 Å². The van der Waals surface area contributed by atoms with Gasteiger partial charge < -0.3 is 15.0 Å². The Labute approximate surface area is 114 Å². The molecule has 0 radical (unpaired) electrons. The monoisotopic (exact) mass is 262 g/mol. The van der Waals surface area contributed by atoms with Crippen LogP contribution in [-0.4, -0.2) is 43.7 Å². The van der Waals surface area contributed by atoms with Crippen LogP contribution in [0.2, 0.25) is 0 Å². The minimum Gasteiger partial charge on any atom is -0.380 e. The molecule has 0 bridgehead atoms. The average Bonchev–Trinajstić information content (AvgIpc) is 2.77. The Morgan fingerprint density at radius 2 is 2.05 bits per heavy atom. The molecule has 2 unspecified atom stereocenters. The molecule has 1 heterocycles. The Hall–Kier alpha value is -1.55. The maximum absolute atomic E-state index is 11.6. The van der Waals surface area contributed by atoms with Crippen molar-refractivity contribution in [2.24, 2.45) is 0 Å². The van der Waals surface area contributed by atoms with Gasteiger partial charge in [0.15, 0.2) is 0 Å². The molecule has 0 spiro atoms. The zero-order valence-corrected chi connectivity index (χ0v) is 11.8. The highest BCUT2D eigenvalue weighted by atomic mass is 16.5. The van der Waals surface area contributed by atoms with Crippen molar-refractivity contribution in [1.29, 1.82) is 0 Å². The van der Waals surface area contributed by atoms with E-state index in [1.54, 1.807) is 19.0 Å². The lowest BCUT2D eigenvalue weighted by molar-refractivity contribution is -0.127. The van der Waals surface area contributed by atoms with Crippen molar-refractivity contribution in [3.63, 3.8) is 0 Å². The molecule has 19 heavy (non-hydrogen) atoms. The van der Waals surface area contributed by atoms with Crippen LogP contribution in [0.3, 0.4) is 0 Å². The fraction of sp³-hybridized carbons (Fsp3) is 0.533. The summed E-state index contributed by atoms with van der Waals surface area (Å²) in [5.41, 5.74) is 2.13. The summed E-state index contributed by atoms with van der Waals surface area (Å²) in [6.45, 7) is 2.92. The number of nitrogens with one attached hydrogen (secondary N) is 1. The van der Waals surface area contributed by atoms with Crippen molar-refractivity contribution in [3.05, 3.63) is 29.8 Å². The Morgan fingerprint density at radius 3 is 2.58 bits per heavy atom. The molecular weight excluding hydrogens is 240 g/mol. The van der Waals surface area contributed by atoms with Gasteiger partial charge >= 0.3 is 0 Å². The Balaban J connectivity index is 1.93. The lowest BCUT2D eigenvalue weighted by Gasteiger charge is -2.17. The van der Waals surface area contributed by atoms with Crippen LogP contribution in [0.1, 0.15) is 18.9 Å². The second-order valence-electron chi connectivity index (χ2n) is 5.28. The number of nitrogens with zero attached hydrogens (tertiary/aromatic N) is 1. The largest absolute Gasteiger partial charge is 0.380 e. The van der Waals surface area contributed by atoms with Gasteiger partial charge in [-0.1, -0.05) is 12.1 Å². The fourth-order valence-electron chi connectivity index (χ4n) is 2.19. The summed E-state index contributed by atoms with van der Waals surface area (Å²) in [7, 11) is 3.56. The maximum atomic E-state index is 11.6. The van der Waals surface area contributed by atoms with Crippen LogP contribution in [0.15, 0.2) is 24.3 Å². The second kappa shape index (κ2) is 6.06. The number of rotatable bonds is 4. The van der Waals surface area contributed by atoms with Gasteiger partial charge in [-0.15, -0.1) is 0 Å². The van der Waals surface area contributed by atoms with Crippen molar-refractivity contribution >= 4 is 11.6 Å². The third kappa shape index (κ3) is 3.70. The van der Waals surface area contributed by atoms with Gasteiger partial charge in [0.1, 0.15) is 0 Å². The van der Waals surface area contributed by atoms with Gasteiger partial charge in [-0.25, -0.2) is 0 Å². The summed E-state index contributed by atoms with van der Waals surface area (Å²) >= 11 is 0. The van der Waals surface area contributed by atoms with Crippen LogP contribution in [0.4, 0.5) is 5.69 Å². The van der Waals surface area contributed by atoms with Gasteiger partial charge in [0, 0.05) is 26.4 Å². The third-order valence-corrected chi connectivity index (χ3v) is 3.54. The van der Waals surface area contributed by atoms with Crippen LogP contribution >= 0.6 is 0 Å². The number of benzene rings is 1.